The van der Waals surface area contributed by atoms with E-state index in [4.69, 9.17) is 9.47 Å². The van der Waals surface area contributed by atoms with Crippen molar-refractivity contribution in [2.24, 2.45) is 0 Å². The van der Waals surface area contributed by atoms with Gasteiger partial charge in [-0.1, -0.05) is 12.1 Å². The molecule has 0 unspecified atom stereocenters. The lowest BCUT2D eigenvalue weighted by atomic mass is 10.3. The molecule has 0 aliphatic rings. The highest BCUT2D eigenvalue weighted by Gasteiger charge is 2.09. The van der Waals surface area contributed by atoms with Crippen LogP contribution in [0.4, 0.5) is 5.82 Å². The first kappa shape index (κ1) is 13.9. The molecule has 0 aliphatic carbocycles. The highest BCUT2D eigenvalue weighted by atomic mass is 16.5. The molecule has 0 spiro atoms. The topological polar surface area (TPSA) is 76.2 Å². The predicted molar refractivity (Wildman–Crippen MR) is 75.1 cm³/mol. The molecular weight excluding hydrogens is 258 g/mol. The fourth-order valence-electron chi connectivity index (χ4n) is 1.64. The third-order valence-electron chi connectivity index (χ3n) is 2.60. The number of amides is 1. The zero-order chi connectivity index (χ0) is 14.4. The van der Waals surface area contributed by atoms with Crippen molar-refractivity contribution in [1.82, 2.24) is 10.2 Å². The molecule has 2 aromatic rings. The predicted octanol–water partition coefficient (Wildman–Crippen LogP) is 2.13. The first-order valence-electron chi connectivity index (χ1n) is 6.35. The highest BCUT2D eigenvalue weighted by molar-refractivity contribution is 5.91. The van der Waals surface area contributed by atoms with Crippen molar-refractivity contribution < 1.29 is 14.3 Å². The van der Waals surface area contributed by atoms with Gasteiger partial charge < -0.3 is 14.8 Å². The number of carbonyl (C=O) groups is 1. The Labute approximate surface area is 117 Å². The largest absolute Gasteiger partial charge is 0.490 e. The van der Waals surface area contributed by atoms with Crippen LogP contribution in [0.2, 0.25) is 0 Å². The minimum atomic E-state index is -0.261. The molecule has 0 fully saturated rings. The number of aryl methyl sites for hydroxylation is 1. The van der Waals surface area contributed by atoms with Crippen LogP contribution in [0.5, 0.6) is 11.5 Å². The molecule has 1 amide bonds. The van der Waals surface area contributed by atoms with Crippen LogP contribution in [0.1, 0.15) is 12.5 Å². The molecule has 106 valence electrons. The number of ether oxygens (including phenoxy) is 2. The van der Waals surface area contributed by atoms with Gasteiger partial charge in [0.15, 0.2) is 18.1 Å². The number of rotatable bonds is 6. The molecule has 0 atom stereocenters. The summed E-state index contributed by atoms with van der Waals surface area (Å²) in [7, 11) is 0. The molecule has 0 radical (unpaired) electrons. The minimum absolute atomic E-state index is 0.0947. The molecule has 6 nitrogen and oxygen atoms in total. The van der Waals surface area contributed by atoms with E-state index in [0.717, 1.165) is 5.56 Å². The van der Waals surface area contributed by atoms with Gasteiger partial charge in [-0.25, -0.2) is 0 Å². The molecule has 6 heteroatoms. The Morgan fingerprint density at radius 2 is 2.00 bits per heavy atom. The quantitative estimate of drug-likeness (QED) is 0.846. The number of carbonyl (C=O) groups excluding carboxylic acids is 1. The van der Waals surface area contributed by atoms with Crippen molar-refractivity contribution in [3.8, 4) is 11.5 Å². The van der Waals surface area contributed by atoms with Crippen molar-refractivity contribution in [2.75, 3.05) is 18.5 Å². The van der Waals surface area contributed by atoms with Gasteiger partial charge in [-0.05, 0) is 26.0 Å². The van der Waals surface area contributed by atoms with Gasteiger partial charge in [0.2, 0.25) is 0 Å². The molecule has 0 saturated heterocycles. The first-order valence-corrected chi connectivity index (χ1v) is 6.35. The number of aromatic nitrogens is 2. The molecular formula is C14H17N3O3. The minimum Gasteiger partial charge on any atom is -0.490 e. The summed E-state index contributed by atoms with van der Waals surface area (Å²) in [6.45, 7) is 4.19. The van der Waals surface area contributed by atoms with E-state index in [1.807, 2.05) is 26.0 Å². The zero-order valence-electron chi connectivity index (χ0n) is 11.5. The normalized spacial score (nSPS) is 10.1. The van der Waals surface area contributed by atoms with E-state index in [-0.39, 0.29) is 12.5 Å². The summed E-state index contributed by atoms with van der Waals surface area (Å²) in [5, 5.41) is 9.22. The maximum absolute atomic E-state index is 11.8. The van der Waals surface area contributed by atoms with E-state index in [9.17, 15) is 4.79 Å². The average molecular weight is 275 g/mol. The number of aromatic amines is 1. The van der Waals surface area contributed by atoms with Crippen molar-refractivity contribution in [3.05, 3.63) is 36.0 Å². The maximum atomic E-state index is 11.8. The lowest BCUT2D eigenvalue weighted by Crippen LogP contribution is -2.21. The summed E-state index contributed by atoms with van der Waals surface area (Å²) in [6, 6.07) is 7.25. The van der Waals surface area contributed by atoms with Crippen LogP contribution in [-0.2, 0) is 4.79 Å². The second kappa shape index (κ2) is 6.60. The number of benzene rings is 1. The Bertz CT molecular complexity index is 581. The van der Waals surface area contributed by atoms with E-state index in [1.54, 1.807) is 18.3 Å². The zero-order valence-corrected chi connectivity index (χ0v) is 11.5. The van der Waals surface area contributed by atoms with Crippen LogP contribution < -0.4 is 14.8 Å². The van der Waals surface area contributed by atoms with Crippen molar-refractivity contribution >= 4 is 11.7 Å². The van der Waals surface area contributed by atoms with Crippen molar-refractivity contribution in [3.63, 3.8) is 0 Å². The number of nitrogens with one attached hydrogen (secondary N) is 2. The third-order valence-corrected chi connectivity index (χ3v) is 2.60. The van der Waals surface area contributed by atoms with E-state index in [2.05, 4.69) is 15.5 Å². The molecule has 0 saturated carbocycles. The summed E-state index contributed by atoms with van der Waals surface area (Å²) in [4.78, 5) is 11.8. The second-order valence-corrected chi connectivity index (χ2v) is 4.14. The molecule has 2 rings (SSSR count). The number of H-pyrrole nitrogens is 1. The first-order chi connectivity index (χ1) is 9.70. The van der Waals surface area contributed by atoms with Gasteiger partial charge >= 0.3 is 0 Å². The molecule has 2 N–H and O–H groups in total. The summed E-state index contributed by atoms with van der Waals surface area (Å²) in [5.41, 5.74) is 0.869. The smallest absolute Gasteiger partial charge is 0.263 e. The Morgan fingerprint density at radius 1 is 1.30 bits per heavy atom. The summed E-state index contributed by atoms with van der Waals surface area (Å²) in [5.74, 6) is 1.49. The molecule has 20 heavy (non-hydrogen) atoms. The summed E-state index contributed by atoms with van der Waals surface area (Å²) >= 11 is 0. The fourth-order valence-corrected chi connectivity index (χ4v) is 1.64. The van der Waals surface area contributed by atoms with Gasteiger partial charge in [0, 0.05) is 5.56 Å². The lowest BCUT2D eigenvalue weighted by molar-refractivity contribution is -0.118. The molecule has 1 aromatic heterocycles. The Kier molecular flexibility index (Phi) is 4.60. The van der Waals surface area contributed by atoms with Crippen molar-refractivity contribution in [1.29, 1.82) is 0 Å². The Balaban J connectivity index is 1.92. The number of hydrogen-bond donors (Lipinski definition) is 2. The lowest BCUT2D eigenvalue weighted by Gasteiger charge is -2.11. The van der Waals surface area contributed by atoms with Gasteiger partial charge in [0.25, 0.3) is 5.91 Å². The van der Waals surface area contributed by atoms with E-state index < -0.39 is 0 Å². The number of nitrogens with zero attached hydrogens (tertiary/aromatic N) is 1. The highest BCUT2D eigenvalue weighted by Crippen LogP contribution is 2.26. The van der Waals surface area contributed by atoms with E-state index in [1.165, 1.54) is 0 Å². The SMILES string of the molecule is CCOc1ccccc1OCC(=O)Nc1[nH]ncc1C. The van der Waals surface area contributed by atoms with Gasteiger partial charge in [0.1, 0.15) is 5.82 Å². The van der Waals surface area contributed by atoms with Crippen LogP contribution >= 0.6 is 0 Å². The number of anilines is 1. The van der Waals surface area contributed by atoms with Gasteiger partial charge in [-0.3, -0.25) is 9.89 Å². The van der Waals surface area contributed by atoms with Crippen LogP contribution in [0.3, 0.4) is 0 Å². The van der Waals surface area contributed by atoms with Crippen LogP contribution in [0.25, 0.3) is 0 Å². The third kappa shape index (κ3) is 3.50. The maximum Gasteiger partial charge on any atom is 0.263 e. The Hall–Kier alpha value is -2.50. The molecule has 1 aromatic carbocycles. The van der Waals surface area contributed by atoms with Crippen LogP contribution in [0.15, 0.2) is 30.5 Å². The summed E-state index contributed by atoms with van der Waals surface area (Å²) < 4.78 is 10.9. The van der Waals surface area contributed by atoms with Gasteiger partial charge in [0.05, 0.1) is 12.8 Å². The average Bonchev–Trinajstić information content (AvgIpc) is 2.84. The van der Waals surface area contributed by atoms with E-state index >= 15 is 0 Å². The molecule has 0 aliphatic heterocycles. The molecule has 1 heterocycles. The Morgan fingerprint density at radius 3 is 2.60 bits per heavy atom. The number of para-hydroxylation sites is 2. The second-order valence-electron chi connectivity index (χ2n) is 4.14. The molecule has 0 bridgehead atoms. The summed E-state index contributed by atoms with van der Waals surface area (Å²) in [6.07, 6.45) is 1.64. The van der Waals surface area contributed by atoms with E-state index in [0.29, 0.717) is 23.9 Å². The van der Waals surface area contributed by atoms with Gasteiger partial charge in [-0.15, -0.1) is 0 Å². The monoisotopic (exact) mass is 275 g/mol. The van der Waals surface area contributed by atoms with Crippen molar-refractivity contribution in [2.45, 2.75) is 13.8 Å². The van der Waals surface area contributed by atoms with Crippen LogP contribution in [0, 0.1) is 6.92 Å². The number of hydrogen-bond acceptors (Lipinski definition) is 4. The fraction of sp³-hybridized carbons (Fsp3) is 0.286. The van der Waals surface area contributed by atoms with Gasteiger partial charge in [-0.2, -0.15) is 5.10 Å². The standard InChI is InChI=1S/C14H17N3O3/c1-3-19-11-6-4-5-7-12(11)20-9-13(18)16-14-10(2)8-15-17-14/h4-8H,3,9H2,1-2H3,(H2,15,16,17,18). The van der Waals surface area contributed by atoms with Crippen LogP contribution in [-0.4, -0.2) is 29.3 Å².